The Kier molecular flexibility index (Phi) is 6.13. The number of piperazine rings is 1. The average Bonchev–Trinajstić information content (AvgIpc) is 3.58. The van der Waals surface area contributed by atoms with E-state index in [1.165, 1.54) is 42.6 Å². The average molecular weight is 449 g/mol. The molecule has 2 saturated heterocycles. The third-order valence-corrected chi connectivity index (χ3v) is 8.47. The predicted octanol–water partition coefficient (Wildman–Crippen LogP) is 1.03. The first-order chi connectivity index (χ1) is 15.0. The number of nitrogens with zero attached hydrogens (tertiary/aromatic N) is 3. The molecule has 0 radical (unpaired) electrons. The molecule has 1 aliphatic carbocycles. The Morgan fingerprint density at radius 3 is 2.45 bits per heavy atom. The third-order valence-electron chi connectivity index (χ3n) is 7.17. The maximum absolute atomic E-state index is 11.8. The zero-order valence-corrected chi connectivity index (χ0v) is 19.3. The summed E-state index contributed by atoms with van der Waals surface area (Å²) < 4.78 is 25.1. The molecule has 31 heavy (non-hydrogen) atoms. The number of benzene rings is 1. The van der Waals surface area contributed by atoms with Crippen LogP contribution in [-0.2, 0) is 16.6 Å². The van der Waals surface area contributed by atoms with Crippen molar-refractivity contribution in [2.24, 2.45) is 5.92 Å². The molecule has 5 rings (SSSR count). The van der Waals surface area contributed by atoms with Crippen LogP contribution in [0, 0.1) is 5.92 Å². The highest BCUT2D eigenvalue weighted by molar-refractivity contribution is 7.88. The Bertz CT molecular complexity index is 874. The van der Waals surface area contributed by atoms with E-state index in [4.69, 9.17) is 0 Å². The Hall–Kier alpha value is -1.39. The highest BCUT2D eigenvalue weighted by Crippen LogP contribution is 2.34. The highest BCUT2D eigenvalue weighted by Gasteiger charge is 2.30. The molecule has 1 aromatic carbocycles. The van der Waals surface area contributed by atoms with Gasteiger partial charge in [0.25, 0.3) is 0 Å². The van der Waals surface area contributed by atoms with Crippen LogP contribution in [0.15, 0.2) is 18.2 Å². The summed E-state index contributed by atoms with van der Waals surface area (Å²) in [7, 11) is -3.08. The number of para-hydroxylation sites is 1. The zero-order valence-electron chi connectivity index (χ0n) is 18.5. The van der Waals surface area contributed by atoms with E-state index in [0.717, 1.165) is 51.5 Å². The number of fused-ring (bicyclic) bond motifs is 1. The van der Waals surface area contributed by atoms with E-state index in [1.807, 2.05) is 0 Å². The van der Waals surface area contributed by atoms with Crippen LogP contribution in [0.4, 0.5) is 11.4 Å². The molecule has 1 unspecified atom stereocenters. The second-order valence-electron chi connectivity index (χ2n) is 9.60. The lowest BCUT2D eigenvalue weighted by Gasteiger charge is -2.40. The van der Waals surface area contributed by atoms with Gasteiger partial charge in [-0.25, -0.2) is 12.7 Å². The molecular weight excluding hydrogens is 412 g/mol. The molecular formula is C22H36N6O2S. The number of sulfonamides is 1. The second-order valence-corrected chi connectivity index (χ2v) is 11.6. The van der Waals surface area contributed by atoms with Crippen molar-refractivity contribution in [3.63, 3.8) is 0 Å². The van der Waals surface area contributed by atoms with Crippen molar-refractivity contribution in [1.82, 2.24) is 19.8 Å². The normalized spacial score (nSPS) is 26.5. The summed E-state index contributed by atoms with van der Waals surface area (Å²) >= 11 is 0. The van der Waals surface area contributed by atoms with Crippen LogP contribution in [0.2, 0.25) is 0 Å². The lowest BCUT2D eigenvalue weighted by molar-refractivity contribution is 0.248. The first-order valence-corrected chi connectivity index (χ1v) is 13.6. The van der Waals surface area contributed by atoms with Crippen molar-refractivity contribution in [1.29, 1.82) is 0 Å². The lowest BCUT2D eigenvalue weighted by atomic mass is 10.1. The van der Waals surface area contributed by atoms with Crippen LogP contribution in [0.3, 0.4) is 0 Å². The van der Waals surface area contributed by atoms with Gasteiger partial charge in [-0.2, -0.15) is 0 Å². The Balaban J connectivity index is 1.19. The van der Waals surface area contributed by atoms with E-state index in [1.54, 1.807) is 4.31 Å². The van der Waals surface area contributed by atoms with E-state index in [2.05, 4.69) is 43.9 Å². The van der Waals surface area contributed by atoms with Gasteiger partial charge in [-0.1, -0.05) is 12.1 Å². The Morgan fingerprint density at radius 1 is 1.03 bits per heavy atom. The van der Waals surface area contributed by atoms with Gasteiger partial charge in [-0.3, -0.25) is 15.5 Å². The first kappa shape index (κ1) is 21.5. The summed E-state index contributed by atoms with van der Waals surface area (Å²) in [6, 6.07) is 6.92. The van der Waals surface area contributed by atoms with Crippen molar-refractivity contribution < 1.29 is 8.42 Å². The summed E-state index contributed by atoms with van der Waals surface area (Å²) in [6.07, 6.45) is 5.82. The number of hydrogen-bond acceptors (Lipinski definition) is 7. The van der Waals surface area contributed by atoms with E-state index in [9.17, 15) is 8.42 Å². The maximum atomic E-state index is 11.8. The highest BCUT2D eigenvalue weighted by atomic mass is 32.2. The number of anilines is 2. The molecule has 4 aliphatic rings. The standard InChI is InChI=1S/C22H36N6O2S/c1-31(29,30)28-9-7-19(8-10-28)24-22-23-15-18-3-2-4-20(21(18)25-22)27-13-11-26(12-14-27)16-17-5-6-17/h2-4,17,19,22-25H,5-16H2,1H3. The lowest BCUT2D eigenvalue weighted by Crippen LogP contribution is -2.56. The molecule has 3 fully saturated rings. The van der Waals surface area contributed by atoms with E-state index >= 15 is 0 Å². The largest absolute Gasteiger partial charge is 0.367 e. The van der Waals surface area contributed by atoms with Crippen LogP contribution in [0.5, 0.6) is 0 Å². The minimum Gasteiger partial charge on any atom is -0.367 e. The first-order valence-electron chi connectivity index (χ1n) is 11.8. The Morgan fingerprint density at radius 2 is 1.77 bits per heavy atom. The van der Waals surface area contributed by atoms with Gasteiger partial charge in [0, 0.05) is 58.4 Å². The molecule has 1 atom stereocenters. The van der Waals surface area contributed by atoms with Gasteiger partial charge in [0.2, 0.25) is 10.0 Å². The van der Waals surface area contributed by atoms with Gasteiger partial charge in [0.1, 0.15) is 6.29 Å². The van der Waals surface area contributed by atoms with Crippen LogP contribution >= 0.6 is 0 Å². The summed E-state index contributed by atoms with van der Waals surface area (Å²) in [5.74, 6) is 0.958. The molecule has 3 heterocycles. The molecule has 0 bridgehead atoms. The molecule has 172 valence electrons. The molecule has 3 aliphatic heterocycles. The van der Waals surface area contributed by atoms with Crippen molar-refractivity contribution in [2.45, 2.75) is 44.6 Å². The quantitative estimate of drug-likeness (QED) is 0.600. The summed E-state index contributed by atoms with van der Waals surface area (Å²) in [5, 5.41) is 10.9. The monoisotopic (exact) mass is 448 g/mol. The Labute approximate surface area is 186 Å². The number of piperidine rings is 1. The van der Waals surface area contributed by atoms with Gasteiger partial charge < -0.3 is 10.2 Å². The zero-order chi connectivity index (χ0) is 21.4. The molecule has 8 nitrogen and oxygen atoms in total. The number of nitrogens with one attached hydrogen (secondary N) is 3. The number of hydrogen-bond donors (Lipinski definition) is 3. The van der Waals surface area contributed by atoms with Crippen LogP contribution in [-0.4, -0.2) is 82.0 Å². The fraction of sp³-hybridized carbons (Fsp3) is 0.727. The van der Waals surface area contributed by atoms with Crippen LogP contribution in [0.1, 0.15) is 31.2 Å². The van der Waals surface area contributed by atoms with Crippen molar-refractivity contribution in [2.75, 3.05) is 62.3 Å². The van der Waals surface area contributed by atoms with Gasteiger partial charge in [0.15, 0.2) is 0 Å². The van der Waals surface area contributed by atoms with Crippen molar-refractivity contribution in [3.8, 4) is 0 Å². The minimum absolute atomic E-state index is 0.000380. The molecule has 9 heteroatoms. The summed E-state index contributed by atoms with van der Waals surface area (Å²) in [6.45, 7) is 7.77. The van der Waals surface area contributed by atoms with Crippen molar-refractivity contribution >= 4 is 21.4 Å². The molecule has 0 spiro atoms. The molecule has 1 aromatic rings. The third kappa shape index (κ3) is 5.17. The van der Waals surface area contributed by atoms with Gasteiger partial charge in [-0.15, -0.1) is 0 Å². The van der Waals surface area contributed by atoms with Crippen molar-refractivity contribution in [3.05, 3.63) is 23.8 Å². The van der Waals surface area contributed by atoms with Crippen LogP contribution in [0.25, 0.3) is 0 Å². The fourth-order valence-electron chi connectivity index (χ4n) is 5.10. The summed E-state index contributed by atoms with van der Waals surface area (Å²) in [4.78, 5) is 5.16. The summed E-state index contributed by atoms with van der Waals surface area (Å²) in [5.41, 5.74) is 3.86. The van der Waals surface area contributed by atoms with E-state index in [-0.39, 0.29) is 6.29 Å². The minimum atomic E-state index is -3.08. The van der Waals surface area contributed by atoms with Crippen LogP contribution < -0.4 is 20.9 Å². The fourth-order valence-corrected chi connectivity index (χ4v) is 5.97. The van der Waals surface area contributed by atoms with Gasteiger partial charge in [-0.05, 0) is 43.2 Å². The van der Waals surface area contributed by atoms with E-state index < -0.39 is 10.0 Å². The molecule has 0 amide bonds. The van der Waals surface area contributed by atoms with Gasteiger partial charge >= 0.3 is 0 Å². The topological polar surface area (TPSA) is 80.0 Å². The van der Waals surface area contributed by atoms with Gasteiger partial charge in [0.05, 0.1) is 17.6 Å². The maximum Gasteiger partial charge on any atom is 0.211 e. The molecule has 1 saturated carbocycles. The number of rotatable bonds is 6. The molecule has 3 N–H and O–H groups in total. The molecule has 0 aromatic heterocycles. The van der Waals surface area contributed by atoms with E-state index in [0.29, 0.717) is 19.1 Å². The predicted molar refractivity (Wildman–Crippen MR) is 125 cm³/mol. The smallest absolute Gasteiger partial charge is 0.211 e. The second kappa shape index (κ2) is 8.86. The SMILES string of the molecule is CS(=O)(=O)N1CCC(NC2NCc3cccc(N4CCN(CC5CC5)CC4)c3N2)CC1.